The number of urea groups is 1. The molecule has 31 heavy (non-hydrogen) atoms. The number of rotatable bonds is 7. The van der Waals surface area contributed by atoms with Crippen molar-refractivity contribution in [1.29, 1.82) is 0 Å². The first-order valence-electron chi connectivity index (χ1n) is 9.56. The quantitative estimate of drug-likeness (QED) is 0.424. The Morgan fingerprint density at radius 1 is 1.32 bits per heavy atom. The third-order valence-electron chi connectivity index (χ3n) is 4.51. The first kappa shape index (κ1) is 20.7. The summed E-state index contributed by atoms with van der Waals surface area (Å²) < 4.78 is 12.3. The van der Waals surface area contributed by atoms with Gasteiger partial charge >= 0.3 is 12.0 Å². The van der Waals surface area contributed by atoms with Crippen molar-refractivity contribution in [1.82, 2.24) is 30.8 Å². The highest BCUT2D eigenvalue weighted by Gasteiger charge is 2.35. The SMILES string of the molecule is CCOC(=O)C1=C(CSc2nnnn2-c2cccc(C)c2)NC(=O)N[C@H]1c1ccco1. The van der Waals surface area contributed by atoms with E-state index in [1.54, 1.807) is 23.7 Å². The summed E-state index contributed by atoms with van der Waals surface area (Å²) in [4.78, 5) is 25.0. The van der Waals surface area contributed by atoms with Crippen LogP contribution in [0, 0.1) is 6.92 Å². The minimum Gasteiger partial charge on any atom is -0.467 e. The van der Waals surface area contributed by atoms with E-state index < -0.39 is 18.0 Å². The van der Waals surface area contributed by atoms with E-state index in [1.165, 1.54) is 18.0 Å². The lowest BCUT2D eigenvalue weighted by Gasteiger charge is -2.27. The van der Waals surface area contributed by atoms with Crippen molar-refractivity contribution in [2.45, 2.75) is 25.0 Å². The van der Waals surface area contributed by atoms with Crippen molar-refractivity contribution >= 4 is 23.8 Å². The van der Waals surface area contributed by atoms with Crippen molar-refractivity contribution in [3.8, 4) is 5.69 Å². The number of nitrogens with zero attached hydrogens (tertiary/aromatic N) is 4. The van der Waals surface area contributed by atoms with Crippen LogP contribution in [0.3, 0.4) is 0 Å². The van der Waals surface area contributed by atoms with Gasteiger partial charge in [-0.15, -0.1) is 5.10 Å². The largest absolute Gasteiger partial charge is 0.467 e. The molecule has 2 N–H and O–H groups in total. The molecular weight excluding hydrogens is 420 g/mol. The van der Waals surface area contributed by atoms with Gasteiger partial charge in [-0.1, -0.05) is 23.9 Å². The van der Waals surface area contributed by atoms with Gasteiger partial charge in [0, 0.05) is 11.4 Å². The van der Waals surface area contributed by atoms with E-state index >= 15 is 0 Å². The van der Waals surface area contributed by atoms with E-state index in [4.69, 9.17) is 9.15 Å². The summed E-state index contributed by atoms with van der Waals surface area (Å²) in [6.07, 6.45) is 1.48. The molecule has 3 heterocycles. The number of hydrogen-bond donors (Lipinski definition) is 2. The van der Waals surface area contributed by atoms with E-state index in [2.05, 4.69) is 26.2 Å². The molecule has 11 heteroatoms. The van der Waals surface area contributed by atoms with Crippen molar-refractivity contribution in [2.75, 3.05) is 12.4 Å². The highest BCUT2D eigenvalue weighted by Crippen LogP contribution is 2.30. The van der Waals surface area contributed by atoms with Crippen LogP contribution < -0.4 is 10.6 Å². The smallest absolute Gasteiger partial charge is 0.338 e. The number of furan rings is 1. The molecule has 0 saturated carbocycles. The van der Waals surface area contributed by atoms with Gasteiger partial charge in [0.25, 0.3) is 0 Å². The molecule has 0 bridgehead atoms. The molecule has 1 aliphatic heterocycles. The Morgan fingerprint density at radius 3 is 2.94 bits per heavy atom. The average molecular weight is 440 g/mol. The van der Waals surface area contributed by atoms with Crippen LogP contribution in [0.25, 0.3) is 5.69 Å². The Morgan fingerprint density at radius 2 is 2.19 bits per heavy atom. The Kier molecular flexibility index (Phi) is 6.03. The molecule has 0 aliphatic carbocycles. The maximum Gasteiger partial charge on any atom is 0.338 e. The van der Waals surface area contributed by atoms with Gasteiger partial charge in [0.15, 0.2) is 0 Å². The van der Waals surface area contributed by atoms with Crippen LogP contribution in [0.5, 0.6) is 0 Å². The predicted octanol–water partition coefficient (Wildman–Crippen LogP) is 2.53. The standard InChI is InChI=1S/C20H20N6O4S/c1-3-29-18(27)16-14(21-19(28)22-17(16)15-8-5-9-30-15)11-31-20-23-24-25-26(20)13-7-4-6-12(2)10-13/h4-10,17H,3,11H2,1-2H3,(H2,21,22,28)/t17-/m0/s1. The summed E-state index contributed by atoms with van der Waals surface area (Å²) in [5.41, 5.74) is 2.57. The average Bonchev–Trinajstić information content (AvgIpc) is 3.44. The second kappa shape index (κ2) is 9.04. The lowest BCUT2D eigenvalue weighted by Crippen LogP contribution is -2.46. The number of amides is 2. The number of hydrogen-bond acceptors (Lipinski definition) is 8. The normalized spacial score (nSPS) is 16.1. The van der Waals surface area contributed by atoms with Gasteiger partial charge in [-0.2, -0.15) is 4.68 Å². The maximum absolute atomic E-state index is 12.7. The third-order valence-corrected chi connectivity index (χ3v) is 5.46. The molecule has 2 aromatic heterocycles. The summed E-state index contributed by atoms with van der Waals surface area (Å²) >= 11 is 1.29. The van der Waals surface area contributed by atoms with Crippen molar-refractivity contribution < 1.29 is 18.7 Å². The molecule has 1 aromatic carbocycles. The second-order valence-electron chi connectivity index (χ2n) is 6.66. The molecule has 10 nitrogen and oxygen atoms in total. The topological polar surface area (TPSA) is 124 Å². The first-order valence-corrected chi connectivity index (χ1v) is 10.5. The number of aromatic nitrogens is 4. The van der Waals surface area contributed by atoms with Gasteiger partial charge in [-0.3, -0.25) is 0 Å². The molecule has 4 rings (SSSR count). The van der Waals surface area contributed by atoms with Crippen molar-refractivity contribution in [2.24, 2.45) is 0 Å². The number of carbonyl (C=O) groups is 2. The van der Waals surface area contributed by atoms with Crippen LogP contribution in [-0.4, -0.2) is 44.6 Å². The number of benzene rings is 1. The molecule has 0 spiro atoms. The van der Waals surface area contributed by atoms with Crippen LogP contribution in [-0.2, 0) is 9.53 Å². The Balaban J connectivity index is 1.65. The first-order chi connectivity index (χ1) is 15.1. The predicted molar refractivity (Wildman–Crippen MR) is 111 cm³/mol. The molecule has 0 saturated heterocycles. The van der Waals surface area contributed by atoms with Gasteiger partial charge in [-0.25, -0.2) is 9.59 Å². The molecule has 2 amide bonds. The Hall–Kier alpha value is -3.60. The fourth-order valence-electron chi connectivity index (χ4n) is 3.18. The molecule has 0 fully saturated rings. The van der Waals surface area contributed by atoms with E-state index in [0.717, 1.165) is 11.3 Å². The van der Waals surface area contributed by atoms with Crippen molar-refractivity contribution in [3.63, 3.8) is 0 Å². The second-order valence-corrected chi connectivity index (χ2v) is 7.60. The van der Waals surface area contributed by atoms with Gasteiger partial charge in [0.2, 0.25) is 5.16 Å². The molecule has 1 aliphatic rings. The zero-order valence-corrected chi connectivity index (χ0v) is 17.7. The highest BCUT2D eigenvalue weighted by atomic mass is 32.2. The van der Waals surface area contributed by atoms with Crippen molar-refractivity contribution in [3.05, 3.63) is 65.3 Å². The molecule has 160 valence electrons. The van der Waals surface area contributed by atoms with Gasteiger partial charge in [-0.05, 0) is 54.1 Å². The van der Waals surface area contributed by atoms with Gasteiger partial charge in [0.1, 0.15) is 11.8 Å². The fraction of sp³-hybridized carbons (Fsp3) is 0.250. The summed E-state index contributed by atoms with van der Waals surface area (Å²) in [6.45, 7) is 3.91. The van der Waals surface area contributed by atoms with Gasteiger partial charge in [0.05, 0.1) is 24.1 Å². The number of ether oxygens (including phenoxy) is 1. The van der Waals surface area contributed by atoms with Crippen LogP contribution in [0.2, 0.25) is 0 Å². The van der Waals surface area contributed by atoms with Crippen LogP contribution in [0.4, 0.5) is 4.79 Å². The highest BCUT2D eigenvalue weighted by molar-refractivity contribution is 7.99. The lowest BCUT2D eigenvalue weighted by molar-refractivity contribution is -0.139. The maximum atomic E-state index is 12.7. The zero-order valence-electron chi connectivity index (χ0n) is 16.9. The summed E-state index contributed by atoms with van der Waals surface area (Å²) in [5, 5.41) is 17.9. The zero-order chi connectivity index (χ0) is 21.8. The summed E-state index contributed by atoms with van der Waals surface area (Å²) in [5.74, 6) is 0.139. The number of carbonyl (C=O) groups excluding carboxylic acids is 2. The van der Waals surface area contributed by atoms with E-state index in [9.17, 15) is 9.59 Å². The van der Waals surface area contributed by atoms with Crippen LogP contribution >= 0.6 is 11.8 Å². The molecule has 3 aromatic rings. The van der Waals surface area contributed by atoms with Crippen LogP contribution in [0.15, 0.2) is 63.5 Å². The monoisotopic (exact) mass is 440 g/mol. The minimum absolute atomic E-state index is 0.202. The lowest BCUT2D eigenvalue weighted by atomic mass is 10.0. The number of thioether (sulfide) groups is 1. The van der Waals surface area contributed by atoms with E-state index in [0.29, 0.717) is 16.6 Å². The molecule has 1 atom stereocenters. The Bertz CT molecular complexity index is 1120. The molecule has 0 radical (unpaired) electrons. The van der Waals surface area contributed by atoms with E-state index in [-0.39, 0.29) is 17.9 Å². The summed E-state index contributed by atoms with van der Waals surface area (Å²) in [7, 11) is 0. The fourth-order valence-corrected chi connectivity index (χ4v) is 4.04. The summed E-state index contributed by atoms with van der Waals surface area (Å²) in [6, 6.07) is 9.95. The number of nitrogens with one attached hydrogen (secondary N) is 2. The molecule has 0 unspecified atom stereocenters. The minimum atomic E-state index is -0.758. The number of tetrazole rings is 1. The van der Waals surface area contributed by atoms with Gasteiger partial charge < -0.3 is 19.8 Å². The third kappa shape index (κ3) is 4.45. The van der Waals surface area contributed by atoms with Crippen LogP contribution in [0.1, 0.15) is 24.3 Å². The van der Waals surface area contributed by atoms with E-state index in [1.807, 2.05) is 31.2 Å². The number of esters is 1. The Labute approximate surface area is 182 Å². The number of aryl methyl sites for hydroxylation is 1. The molecular formula is C20H20N6O4S.